The van der Waals surface area contributed by atoms with Crippen LogP contribution in [-0.4, -0.2) is 26.7 Å². The van der Waals surface area contributed by atoms with Crippen molar-refractivity contribution in [1.29, 1.82) is 0 Å². The number of nitrogens with two attached hydrogens (primary N) is 1. The molecule has 1 aromatic rings. The number of hydrogen-bond acceptors (Lipinski definition) is 4. The molecule has 0 spiro atoms. The van der Waals surface area contributed by atoms with Crippen LogP contribution in [0.5, 0.6) is 5.75 Å². The van der Waals surface area contributed by atoms with Crippen LogP contribution in [0.3, 0.4) is 0 Å². The number of halogens is 2. The van der Waals surface area contributed by atoms with Crippen LogP contribution < -0.4 is 9.88 Å². The van der Waals surface area contributed by atoms with Crippen molar-refractivity contribution in [2.75, 3.05) is 6.61 Å². The first-order valence-electron chi connectivity index (χ1n) is 6.41. The minimum atomic E-state index is -4.29. The van der Waals surface area contributed by atoms with Crippen molar-refractivity contribution in [2.24, 2.45) is 5.14 Å². The first kappa shape index (κ1) is 16.1. The first-order chi connectivity index (χ1) is 9.58. The van der Waals surface area contributed by atoms with Crippen LogP contribution in [0.4, 0.5) is 8.78 Å². The quantitative estimate of drug-likeness (QED) is 0.919. The van der Waals surface area contributed by atoms with Crippen molar-refractivity contribution < 1.29 is 26.7 Å². The lowest BCUT2D eigenvalue weighted by Gasteiger charge is -2.20. The number of rotatable bonds is 4. The molecule has 1 aliphatic heterocycles. The lowest BCUT2D eigenvalue weighted by atomic mass is 10.1. The highest BCUT2D eigenvalue weighted by atomic mass is 32.2. The zero-order valence-electron chi connectivity index (χ0n) is 11.7. The van der Waals surface area contributed by atoms with E-state index in [2.05, 4.69) is 0 Å². The summed E-state index contributed by atoms with van der Waals surface area (Å²) in [6, 6.07) is 1.18. The Bertz CT molecular complexity index is 646. The fourth-order valence-corrected chi connectivity index (χ4v) is 2.95. The van der Waals surface area contributed by atoms with E-state index in [1.54, 1.807) is 0 Å². The van der Waals surface area contributed by atoms with E-state index in [0.29, 0.717) is 18.6 Å². The van der Waals surface area contributed by atoms with Crippen molar-refractivity contribution in [3.8, 4) is 5.75 Å². The monoisotopic (exact) mass is 321 g/mol. The molecule has 2 rings (SSSR count). The van der Waals surface area contributed by atoms with Crippen molar-refractivity contribution in [2.45, 2.75) is 43.3 Å². The van der Waals surface area contributed by atoms with Gasteiger partial charge in [0.25, 0.3) is 0 Å². The van der Waals surface area contributed by atoms with Crippen LogP contribution in [0.15, 0.2) is 17.0 Å². The van der Waals surface area contributed by atoms with E-state index >= 15 is 0 Å². The van der Waals surface area contributed by atoms with E-state index in [0.717, 1.165) is 6.42 Å². The summed E-state index contributed by atoms with van der Waals surface area (Å²) in [6.07, 6.45) is 1.24. The minimum Gasteiger partial charge on any atom is -0.486 e. The highest BCUT2D eigenvalue weighted by Crippen LogP contribution is 2.32. The molecule has 0 aliphatic carbocycles. The van der Waals surface area contributed by atoms with Gasteiger partial charge in [0.1, 0.15) is 17.3 Å². The Labute approximate surface area is 122 Å². The Morgan fingerprint density at radius 1 is 1.43 bits per heavy atom. The van der Waals surface area contributed by atoms with Crippen LogP contribution in [0.1, 0.15) is 26.7 Å². The second kappa shape index (κ2) is 5.51. The Morgan fingerprint density at radius 2 is 2.10 bits per heavy atom. The Hall–Kier alpha value is -1.25. The van der Waals surface area contributed by atoms with Crippen LogP contribution in [0, 0.1) is 11.6 Å². The highest BCUT2D eigenvalue weighted by Gasteiger charge is 2.32. The van der Waals surface area contributed by atoms with Crippen LogP contribution >= 0.6 is 0 Å². The Kier molecular flexibility index (Phi) is 4.23. The molecule has 1 fully saturated rings. The number of primary sulfonamides is 1. The average molecular weight is 321 g/mol. The van der Waals surface area contributed by atoms with Gasteiger partial charge in [0.15, 0.2) is 11.6 Å². The van der Waals surface area contributed by atoms with E-state index in [-0.39, 0.29) is 18.3 Å². The maximum absolute atomic E-state index is 13.7. The smallest absolute Gasteiger partial charge is 0.241 e. The largest absolute Gasteiger partial charge is 0.486 e. The molecule has 0 aromatic heterocycles. The summed E-state index contributed by atoms with van der Waals surface area (Å²) >= 11 is 0. The first-order valence-corrected chi connectivity index (χ1v) is 7.95. The van der Waals surface area contributed by atoms with Crippen molar-refractivity contribution in [3.05, 3.63) is 23.8 Å². The molecule has 1 aliphatic rings. The van der Waals surface area contributed by atoms with Gasteiger partial charge in [0.05, 0.1) is 11.7 Å². The lowest BCUT2D eigenvalue weighted by molar-refractivity contribution is -0.0334. The lowest BCUT2D eigenvalue weighted by Crippen LogP contribution is -2.25. The number of ether oxygens (including phenoxy) is 2. The van der Waals surface area contributed by atoms with E-state index in [4.69, 9.17) is 14.6 Å². The normalized spacial score (nSPS) is 21.5. The zero-order chi connectivity index (χ0) is 15.8. The summed E-state index contributed by atoms with van der Waals surface area (Å²) in [5.41, 5.74) is -0.294. The third kappa shape index (κ3) is 3.90. The molecule has 1 aromatic carbocycles. The van der Waals surface area contributed by atoms with E-state index in [1.807, 2.05) is 13.8 Å². The number of benzene rings is 1. The Morgan fingerprint density at radius 3 is 2.62 bits per heavy atom. The fourth-order valence-electron chi connectivity index (χ4n) is 2.26. The van der Waals surface area contributed by atoms with Crippen molar-refractivity contribution >= 4 is 10.0 Å². The van der Waals surface area contributed by atoms with Gasteiger partial charge in [-0.1, -0.05) is 0 Å². The summed E-state index contributed by atoms with van der Waals surface area (Å²) in [6.45, 7) is 3.80. The van der Waals surface area contributed by atoms with Crippen molar-refractivity contribution in [1.82, 2.24) is 0 Å². The summed E-state index contributed by atoms with van der Waals surface area (Å²) < 4.78 is 60.5. The summed E-state index contributed by atoms with van der Waals surface area (Å²) in [7, 11) is -4.29. The third-order valence-electron chi connectivity index (χ3n) is 3.25. The molecule has 8 heteroatoms. The molecule has 5 nitrogen and oxygen atoms in total. The predicted octanol–water partition coefficient (Wildman–Crippen LogP) is 1.95. The molecule has 0 bridgehead atoms. The maximum atomic E-state index is 13.7. The van der Waals surface area contributed by atoms with Gasteiger partial charge in [-0.15, -0.1) is 0 Å². The van der Waals surface area contributed by atoms with Gasteiger partial charge in [-0.05, 0) is 32.8 Å². The molecule has 0 radical (unpaired) electrons. The second-order valence-electron chi connectivity index (χ2n) is 5.61. The third-order valence-corrected chi connectivity index (χ3v) is 4.16. The number of sulfonamides is 1. The molecular weight excluding hydrogens is 304 g/mol. The maximum Gasteiger partial charge on any atom is 0.241 e. The van der Waals surface area contributed by atoms with Crippen LogP contribution in [-0.2, 0) is 14.8 Å². The van der Waals surface area contributed by atoms with Gasteiger partial charge >= 0.3 is 0 Å². The van der Waals surface area contributed by atoms with Gasteiger partial charge in [-0.2, -0.15) is 0 Å². The minimum absolute atomic E-state index is 0.0332. The summed E-state index contributed by atoms with van der Waals surface area (Å²) in [4.78, 5) is -0.711. The van der Waals surface area contributed by atoms with Gasteiger partial charge < -0.3 is 9.47 Å². The fraction of sp³-hybridized carbons (Fsp3) is 0.538. The van der Waals surface area contributed by atoms with Gasteiger partial charge in [-0.25, -0.2) is 22.3 Å². The zero-order valence-corrected chi connectivity index (χ0v) is 12.5. The Balaban J connectivity index is 2.20. The molecular formula is C13H17F2NO4S. The molecule has 2 N–H and O–H groups in total. The molecule has 0 amide bonds. The standard InChI is InChI=1S/C13H17F2NO4S/c1-13(2)4-3-9(20-13)7-19-12-10(15)5-8(14)6-11(12)21(16,17)18/h5-6,9H,3-4,7H2,1-2H3,(H2,16,17,18). The van der Waals surface area contributed by atoms with E-state index in [9.17, 15) is 17.2 Å². The molecule has 1 atom stereocenters. The highest BCUT2D eigenvalue weighted by molar-refractivity contribution is 7.89. The predicted molar refractivity (Wildman–Crippen MR) is 71.4 cm³/mol. The van der Waals surface area contributed by atoms with Crippen molar-refractivity contribution in [3.63, 3.8) is 0 Å². The summed E-state index contributed by atoms with van der Waals surface area (Å²) in [5.74, 6) is -2.73. The van der Waals surface area contributed by atoms with E-state index < -0.39 is 32.3 Å². The van der Waals surface area contributed by atoms with Crippen LogP contribution in [0.2, 0.25) is 0 Å². The van der Waals surface area contributed by atoms with Crippen LogP contribution in [0.25, 0.3) is 0 Å². The van der Waals surface area contributed by atoms with Gasteiger partial charge in [0, 0.05) is 6.07 Å². The van der Waals surface area contributed by atoms with Gasteiger partial charge in [0.2, 0.25) is 10.0 Å². The number of hydrogen-bond donors (Lipinski definition) is 1. The second-order valence-corrected chi connectivity index (χ2v) is 7.14. The average Bonchev–Trinajstić information content (AvgIpc) is 2.65. The molecule has 0 saturated carbocycles. The summed E-state index contributed by atoms with van der Waals surface area (Å²) in [5, 5.41) is 4.95. The SMILES string of the molecule is CC1(C)CCC(COc2c(F)cc(F)cc2S(N)(=O)=O)O1. The molecule has 118 valence electrons. The van der Waals surface area contributed by atoms with Gasteiger partial charge in [-0.3, -0.25) is 0 Å². The molecule has 21 heavy (non-hydrogen) atoms. The molecule has 1 unspecified atom stereocenters. The van der Waals surface area contributed by atoms with E-state index in [1.165, 1.54) is 0 Å². The topological polar surface area (TPSA) is 78.6 Å². The molecule has 1 saturated heterocycles. The molecule has 1 heterocycles.